The Morgan fingerprint density at radius 3 is 1.78 bits per heavy atom. The maximum Gasteiger partial charge on any atom is 0.350 e. The van der Waals surface area contributed by atoms with Crippen molar-refractivity contribution in [3.05, 3.63) is 0 Å². The lowest BCUT2D eigenvalue weighted by molar-refractivity contribution is -0.162. The summed E-state index contributed by atoms with van der Waals surface area (Å²) in [5.74, 6) is -0.120. The molecule has 0 aromatic carbocycles. The van der Waals surface area contributed by atoms with Crippen LogP contribution in [0.15, 0.2) is 0 Å². The lowest BCUT2D eigenvalue weighted by atomic mass is 10.1. The zero-order chi connectivity index (χ0) is 26.9. The third kappa shape index (κ3) is 18.2. The molecule has 0 rings (SSSR count). The summed E-state index contributed by atoms with van der Waals surface area (Å²) in [6.07, 6.45) is 22.6. The summed E-state index contributed by atoms with van der Waals surface area (Å²) in [6.45, 7) is 8.47. The number of aliphatic carboxylic acids is 1. The number of carboxylic acid groups (broad SMARTS) is 1. The van der Waals surface area contributed by atoms with E-state index in [1.165, 1.54) is 103 Å². The molecule has 0 saturated heterocycles. The lowest BCUT2D eigenvalue weighted by Crippen LogP contribution is -2.43. The van der Waals surface area contributed by atoms with Crippen LogP contribution < -0.4 is 0 Å². The van der Waals surface area contributed by atoms with E-state index in [1.54, 1.807) is 0 Å². The average Bonchev–Trinajstić information content (AvgIpc) is 2.88. The van der Waals surface area contributed by atoms with Crippen LogP contribution in [0.4, 0.5) is 0 Å². The summed E-state index contributed by atoms with van der Waals surface area (Å²) >= 11 is 1.96. The number of carboxylic acids is 1. The van der Waals surface area contributed by atoms with Crippen molar-refractivity contribution in [2.45, 2.75) is 160 Å². The van der Waals surface area contributed by atoms with Crippen LogP contribution in [0.3, 0.4) is 0 Å². The minimum absolute atomic E-state index is 0.111. The Hall–Kier alpha value is -0.160. The van der Waals surface area contributed by atoms with Crippen molar-refractivity contribution in [3.63, 3.8) is 0 Å². The SMILES string of the molecule is CCCCCCCCCCCCCSC(CCCCCCC)C(C)OCC(OCCC)(P=O)C(=O)O. The van der Waals surface area contributed by atoms with Gasteiger partial charge < -0.3 is 14.6 Å². The highest BCUT2D eigenvalue weighted by Gasteiger charge is 2.42. The number of carbonyl (C=O) groups is 1. The van der Waals surface area contributed by atoms with E-state index in [-0.39, 0.29) is 19.3 Å². The van der Waals surface area contributed by atoms with Crippen LogP contribution in [0, 0.1) is 0 Å². The van der Waals surface area contributed by atoms with Gasteiger partial charge in [-0.1, -0.05) is 117 Å². The largest absolute Gasteiger partial charge is 0.478 e. The van der Waals surface area contributed by atoms with Gasteiger partial charge in [0.2, 0.25) is 8.46 Å². The molecule has 7 heteroatoms. The highest BCUT2D eigenvalue weighted by molar-refractivity contribution is 7.99. The molecule has 36 heavy (non-hydrogen) atoms. The van der Waals surface area contributed by atoms with E-state index in [2.05, 4.69) is 13.8 Å². The Morgan fingerprint density at radius 1 is 0.806 bits per heavy atom. The van der Waals surface area contributed by atoms with Crippen molar-refractivity contribution in [1.82, 2.24) is 0 Å². The van der Waals surface area contributed by atoms with E-state index >= 15 is 0 Å². The summed E-state index contributed by atoms with van der Waals surface area (Å²) in [5, 5.41) is 8.14. The third-order valence-corrected chi connectivity index (χ3v) is 9.08. The molecule has 0 aliphatic carbocycles. The molecule has 0 aromatic heterocycles. The second-order valence-electron chi connectivity index (χ2n) is 10.2. The summed E-state index contributed by atoms with van der Waals surface area (Å²) < 4.78 is 23.2. The molecule has 0 fully saturated rings. The van der Waals surface area contributed by atoms with E-state index in [4.69, 9.17) is 9.47 Å². The normalized spacial score (nSPS) is 15.1. The van der Waals surface area contributed by atoms with Gasteiger partial charge in [-0.3, -0.25) is 4.57 Å². The molecule has 214 valence electrons. The molecule has 0 aliphatic heterocycles. The van der Waals surface area contributed by atoms with Crippen LogP contribution in [0.1, 0.15) is 143 Å². The van der Waals surface area contributed by atoms with Crippen LogP contribution in [0.2, 0.25) is 0 Å². The number of thioether (sulfide) groups is 1. The molecule has 0 radical (unpaired) electrons. The summed E-state index contributed by atoms with van der Waals surface area (Å²) in [6, 6.07) is 0. The van der Waals surface area contributed by atoms with Crippen molar-refractivity contribution < 1.29 is 23.9 Å². The number of unbranched alkanes of at least 4 members (excludes halogenated alkanes) is 14. The van der Waals surface area contributed by atoms with Crippen LogP contribution >= 0.6 is 20.2 Å². The highest BCUT2D eigenvalue weighted by Crippen LogP contribution is 2.30. The van der Waals surface area contributed by atoms with E-state index in [0.29, 0.717) is 11.7 Å². The van der Waals surface area contributed by atoms with Gasteiger partial charge in [-0.15, -0.1) is 0 Å². The molecule has 0 amide bonds. The van der Waals surface area contributed by atoms with Crippen LogP contribution in [-0.2, 0) is 18.8 Å². The summed E-state index contributed by atoms with van der Waals surface area (Å²) in [4.78, 5) is 11.8. The van der Waals surface area contributed by atoms with Crippen molar-refractivity contribution in [2.75, 3.05) is 19.0 Å². The number of ether oxygens (including phenoxy) is 2. The maximum absolute atomic E-state index is 11.8. The minimum atomic E-state index is -1.81. The Morgan fingerprint density at radius 2 is 1.31 bits per heavy atom. The second-order valence-corrected chi connectivity index (χ2v) is 12.4. The fourth-order valence-electron chi connectivity index (χ4n) is 4.28. The molecular weight excluding hydrogens is 491 g/mol. The van der Waals surface area contributed by atoms with E-state index in [1.807, 2.05) is 25.6 Å². The predicted octanol–water partition coefficient (Wildman–Crippen LogP) is 9.66. The van der Waals surface area contributed by atoms with Gasteiger partial charge in [-0.05, 0) is 31.9 Å². The third-order valence-electron chi connectivity index (χ3n) is 6.76. The molecular formula is C29H57O5PS. The van der Waals surface area contributed by atoms with Gasteiger partial charge in [-0.25, -0.2) is 4.79 Å². The first-order valence-electron chi connectivity index (χ1n) is 14.9. The van der Waals surface area contributed by atoms with Crippen molar-refractivity contribution in [2.24, 2.45) is 0 Å². The fourth-order valence-corrected chi connectivity index (χ4v) is 5.99. The van der Waals surface area contributed by atoms with Gasteiger partial charge in [0.1, 0.15) is 0 Å². The quantitative estimate of drug-likeness (QED) is 0.0775. The van der Waals surface area contributed by atoms with Gasteiger partial charge in [0.05, 0.1) is 12.7 Å². The molecule has 0 bridgehead atoms. The molecule has 3 unspecified atom stereocenters. The Balaban J connectivity index is 4.46. The van der Waals surface area contributed by atoms with Crippen LogP contribution in [0.5, 0.6) is 0 Å². The van der Waals surface area contributed by atoms with Crippen LogP contribution in [0.25, 0.3) is 0 Å². The van der Waals surface area contributed by atoms with Gasteiger partial charge in [0.15, 0.2) is 0 Å². The smallest absolute Gasteiger partial charge is 0.350 e. The first-order valence-corrected chi connectivity index (χ1v) is 16.8. The van der Waals surface area contributed by atoms with E-state index in [0.717, 1.165) is 12.2 Å². The van der Waals surface area contributed by atoms with Crippen molar-refractivity contribution >= 4 is 26.2 Å². The summed E-state index contributed by atoms with van der Waals surface area (Å²) in [5.41, 5.74) is 0. The molecule has 0 spiro atoms. The van der Waals surface area contributed by atoms with Crippen molar-refractivity contribution in [1.29, 1.82) is 0 Å². The molecule has 0 saturated carbocycles. The zero-order valence-corrected chi connectivity index (χ0v) is 25.7. The zero-order valence-electron chi connectivity index (χ0n) is 23.9. The first kappa shape index (κ1) is 35.8. The summed E-state index contributed by atoms with van der Waals surface area (Å²) in [7, 11) is -0.561. The highest BCUT2D eigenvalue weighted by atomic mass is 32.2. The molecule has 1 N–H and O–H groups in total. The van der Waals surface area contributed by atoms with Crippen molar-refractivity contribution in [3.8, 4) is 0 Å². The van der Waals surface area contributed by atoms with Gasteiger partial charge in [-0.2, -0.15) is 11.8 Å². The number of rotatable bonds is 28. The standard InChI is InChI=1S/C29H57O5PS/c1-5-8-10-12-13-14-15-16-17-19-21-24-36-27(22-20-18-11-9-6-2)26(4)33-25-29(35-32,28(30)31)34-23-7-3/h26-27H,5-25H2,1-4H3,(H,30,31). The minimum Gasteiger partial charge on any atom is -0.478 e. The Kier molecular flexibility index (Phi) is 25.0. The molecule has 3 atom stereocenters. The average molecular weight is 549 g/mol. The molecule has 0 aliphatic rings. The fraction of sp³-hybridized carbons (Fsp3) is 0.966. The van der Waals surface area contributed by atoms with Crippen LogP contribution in [-0.4, -0.2) is 46.7 Å². The van der Waals surface area contributed by atoms with Gasteiger partial charge >= 0.3 is 5.97 Å². The molecule has 0 aromatic rings. The lowest BCUT2D eigenvalue weighted by Gasteiger charge is -2.28. The molecule has 5 nitrogen and oxygen atoms in total. The number of hydrogen-bond acceptors (Lipinski definition) is 5. The second kappa shape index (κ2) is 25.1. The monoisotopic (exact) mass is 548 g/mol. The molecule has 0 heterocycles. The topological polar surface area (TPSA) is 72.8 Å². The van der Waals surface area contributed by atoms with Gasteiger partial charge in [0.25, 0.3) is 5.34 Å². The van der Waals surface area contributed by atoms with E-state index in [9.17, 15) is 14.5 Å². The van der Waals surface area contributed by atoms with Gasteiger partial charge in [0, 0.05) is 11.9 Å². The Bertz CT molecular complexity index is 522. The maximum atomic E-state index is 11.8. The van der Waals surface area contributed by atoms with E-state index < -0.39 is 19.8 Å². The number of hydrogen-bond donors (Lipinski definition) is 1. The Labute approximate surface area is 228 Å². The first-order chi connectivity index (χ1) is 17.5. The predicted molar refractivity (Wildman–Crippen MR) is 156 cm³/mol.